The van der Waals surface area contributed by atoms with Crippen LogP contribution in [0.15, 0.2) is 0 Å². The molecule has 3 aliphatic rings. The molecule has 2 heteroatoms. The maximum absolute atomic E-state index is 10.7. The summed E-state index contributed by atoms with van der Waals surface area (Å²) in [5.41, 5.74) is 0.293. The third-order valence-electron chi connectivity index (χ3n) is 5.73. The number of hydrogen-bond acceptors (Lipinski definition) is 2. The van der Waals surface area contributed by atoms with E-state index in [1.54, 1.807) is 0 Å². The third-order valence-corrected chi connectivity index (χ3v) is 5.73. The van der Waals surface area contributed by atoms with Crippen LogP contribution in [0.5, 0.6) is 0 Å². The Bertz CT molecular complexity index is 277. The molecule has 104 valence electrons. The minimum atomic E-state index is -0.349. The molecule has 18 heavy (non-hydrogen) atoms. The topological polar surface area (TPSA) is 23.5 Å². The second-order valence-electron chi connectivity index (χ2n) is 7.31. The fourth-order valence-electron chi connectivity index (χ4n) is 4.66. The molecule has 2 saturated carbocycles. The summed E-state index contributed by atoms with van der Waals surface area (Å²) in [4.78, 5) is 2.58. The SMILES string of the molecule is OC1(CN2CCC3(CCCCC3)C2)CCCCC1. The molecule has 0 aromatic heterocycles. The summed E-state index contributed by atoms with van der Waals surface area (Å²) in [6, 6.07) is 0. The predicted molar refractivity (Wildman–Crippen MR) is 74.6 cm³/mol. The lowest BCUT2D eigenvalue weighted by atomic mass is 9.73. The number of aliphatic hydroxyl groups is 1. The van der Waals surface area contributed by atoms with Crippen LogP contribution in [0.4, 0.5) is 0 Å². The van der Waals surface area contributed by atoms with Crippen molar-refractivity contribution in [2.45, 2.75) is 76.2 Å². The lowest BCUT2D eigenvalue weighted by Crippen LogP contribution is -2.44. The lowest BCUT2D eigenvalue weighted by molar-refractivity contribution is -0.0242. The van der Waals surface area contributed by atoms with E-state index in [1.165, 1.54) is 70.9 Å². The van der Waals surface area contributed by atoms with Gasteiger partial charge in [-0.2, -0.15) is 0 Å². The Balaban J connectivity index is 1.55. The van der Waals surface area contributed by atoms with Gasteiger partial charge in [-0.15, -0.1) is 0 Å². The average molecular weight is 251 g/mol. The zero-order valence-corrected chi connectivity index (χ0v) is 11.8. The van der Waals surface area contributed by atoms with E-state index in [0.717, 1.165) is 19.4 Å². The third kappa shape index (κ3) is 2.75. The van der Waals surface area contributed by atoms with Crippen molar-refractivity contribution in [1.82, 2.24) is 4.90 Å². The monoisotopic (exact) mass is 251 g/mol. The van der Waals surface area contributed by atoms with Gasteiger partial charge in [0.25, 0.3) is 0 Å². The largest absolute Gasteiger partial charge is 0.389 e. The normalized spacial score (nSPS) is 31.8. The minimum absolute atomic E-state index is 0.349. The second kappa shape index (κ2) is 5.13. The van der Waals surface area contributed by atoms with E-state index in [2.05, 4.69) is 4.90 Å². The Hall–Kier alpha value is -0.0800. The van der Waals surface area contributed by atoms with Gasteiger partial charge in [0.2, 0.25) is 0 Å². The minimum Gasteiger partial charge on any atom is -0.389 e. The number of hydrogen-bond donors (Lipinski definition) is 1. The molecular formula is C16H29NO. The maximum atomic E-state index is 10.7. The van der Waals surface area contributed by atoms with Gasteiger partial charge in [-0.05, 0) is 44.1 Å². The Morgan fingerprint density at radius 1 is 0.778 bits per heavy atom. The molecule has 0 bridgehead atoms. The van der Waals surface area contributed by atoms with E-state index in [9.17, 15) is 5.11 Å². The number of β-amino-alcohol motifs (C(OH)–C–C–N with tert-alkyl or cyclic N) is 1. The second-order valence-corrected chi connectivity index (χ2v) is 7.31. The molecule has 1 N–H and O–H groups in total. The molecule has 3 rings (SSSR count). The molecule has 0 amide bonds. The van der Waals surface area contributed by atoms with Gasteiger partial charge >= 0.3 is 0 Å². The first-order valence-electron chi connectivity index (χ1n) is 8.15. The van der Waals surface area contributed by atoms with Crippen LogP contribution in [0.3, 0.4) is 0 Å². The van der Waals surface area contributed by atoms with Crippen molar-refractivity contribution in [2.75, 3.05) is 19.6 Å². The van der Waals surface area contributed by atoms with E-state index in [1.807, 2.05) is 0 Å². The van der Waals surface area contributed by atoms with E-state index in [0.29, 0.717) is 5.41 Å². The molecule has 3 fully saturated rings. The van der Waals surface area contributed by atoms with Crippen molar-refractivity contribution >= 4 is 0 Å². The van der Waals surface area contributed by atoms with Crippen LogP contribution in [0.2, 0.25) is 0 Å². The highest BCUT2D eigenvalue weighted by atomic mass is 16.3. The van der Waals surface area contributed by atoms with Crippen LogP contribution >= 0.6 is 0 Å². The quantitative estimate of drug-likeness (QED) is 0.813. The Morgan fingerprint density at radius 3 is 2.06 bits per heavy atom. The molecule has 1 aliphatic heterocycles. The summed E-state index contributed by atoms with van der Waals surface area (Å²) in [6.45, 7) is 3.46. The highest BCUT2D eigenvalue weighted by Crippen LogP contribution is 2.44. The van der Waals surface area contributed by atoms with Gasteiger partial charge in [0, 0.05) is 13.1 Å². The van der Waals surface area contributed by atoms with Crippen LogP contribution in [-0.4, -0.2) is 35.2 Å². The van der Waals surface area contributed by atoms with E-state index >= 15 is 0 Å². The fraction of sp³-hybridized carbons (Fsp3) is 1.00. The first-order valence-corrected chi connectivity index (χ1v) is 8.15. The van der Waals surface area contributed by atoms with Crippen molar-refractivity contribution in [3.63, 3.8) is 0 Å². The molecule has 1 saturated heterocycles. The fourth-order valence-corrected chi connectivity index (χ4v) is 4.66. The van der Waals surface area contributed by atoms with Crippen LogP contribution in [0.1, 0.15) is 70.6 Å². The van der Waals surface area contributed by atoms with Gasteiger partial charge < -0.3 is 5.11 Å². The van der Waals surface area contributed by atoms with Crippen molar-refractivity contribution in [2.24, 2.45) is 5.41 Å². The van der Waals surface area contributed by atoms with Crippen LogP contribution < -0.4 is 0 Å². The number of nitrogens with zero attached hydrogens (tertiary/aromatic N) is 1. The predicted octanol–water partition coefficient (Wildman–Crippen LogP) is 3.34. The first-order chi connectivity index (χ1) is 8.70. The van der Waals surface area contributed by atoms with Gasteiger partial charge in [0.1, 0.15) is 0 Å². The summed E-state index contributed by atoms with van der Waals surface area (Å²) >= 11 is 0. The summed E-state index contributed by atoms with van der Waals surface area (Å²) in [7, 11) is 0. The van der Waals surface area contributed by atoms with Gasteiger partial charge in [-0.1, -0.05) is 38.5 Å². The summed E-state index contributed by atoms with van der Waals surface area (Å²) in [5.74, 6) is 0. The molecule has 0 aromatic carbocycles. The van der Waals surface area contributed by atoms with E-state index in [-0.39, 0.29) is 5.60 Å². The standard InChI is InChI=1S/C16H29NO/c18-16(9-5-2-6-10-16)14-17-12-11-15(13-17)7-3-1-4-8-15/h18H,1-14H2. The number of rotatable bonds is 2. The molecule has 2 nitrogen and oxygen atoms in total. The van der Waals surface area contributed by atoms with Gasteiger partial charge in [-0.3, -0.25) is 4.90 Å². The molecular weight excluding hydrogens is 222 g/mol. The van der Waals surface area contributed by atoms with Crippen LogP contribution in [0, 0.1) is 5.41 Å². The van der Waals surface area contributed by atoms with Gasteiger partial charge in [0.15, 0.2) is 0 Å². The molecule has 0 aromatic rings. The molecule has 1 heterocycles. The van der Waals surface area contributed by atoms with Crippen molar-refractivity contribution < 1.29 is 5.11 Å². The summed E-state index contributed by atoms with van der Waals surface area (Å²) in [5, 5.41) is 10.7. The number of likely N-dealkylation sites (tertiary alicyclic amines) is 1. The highest BCUT2D eigenvalue weighted by molar-refractivity contribution is 4.95. The van der Waals surface area contributed by atoms with Crippen molar-refractivity contribution in [1.29, 1.82) is 0 Å². The lowest BCUT2D eigenvalue weighted by Gasteiger charge is -2.37. The average Bonchev–Trinajstić information content (AvgIpc) is 2.73. The molecule has 0 unspecified atom stereocenters. The van der Waals surface area contributed by atoms with E-state index < -0.39 is 0 Å². The first kappa shape index (κ1) is 12.9. The Morgan fingerprint density at radius 2 is 1.39 bits per heavy atom. The van der Waals surface area contributed by atoms with Gasteiger partial charge in [0.05, 0.1) is 5.60 Å². The zero-order valence-electron chi connectivity index (χ0n) is 11.8. The van der Waals surface area contributed by atoms with Crippen molar-refractivity contribution in [3.8, 4) is 0 Å². The molecule has 2 aliphatic carbocycles. The zero-order chi connectivity index (χ0) is 12.5. The molecule has 0 atom stereocenters. The van der Waals surface area contributed by atoms with E-state index in [4.69, 9.17) is 0 Å². The maximum Gasteiger partial charge on any atom is 0.0774 e. The summed E-state index contributed by atoms with van der Waals surface area (Å²) < 4.78 is 0. The van der Waals surface area contributed by atoms with Crippen LogP contribution in [0.25, 0.3) is 0 Å². The van der Waals surface area contributed by atoms with Gasteiger partial charge in [-0.25, -0.2) is 0 Å². The molecule has 1 spiro atoms. The van der Waals surface area contributed by atoms with Crippen LogP contribution in [-0.2, 0) is 0 Å². The highest BCUT2D eigenvalue weighted by Gasteiger charge is 2.41. The van der Waals surface area contributed by atoms with Crippen molar-refractivity contribution in [3.05, 3.63) is 0 Å². The summed E-state index contributed by atoms with van der Waals surface area (Å²) in [6.07, 6.45) is 14.5. The Labute approximate surface area is 112 Å². The smallest absolute Gasteiger partial charge is 0.0774 e. The Kier molecular flexibility index (Phi) is 3.68. The molecule has 0 radical (unpaired) electrons.